The number of ether oxygens (including phenoxy) is 5. The maximum absolute atomic E-state index is 13.0. The summed E-state index contributed by atoms with van der Waals surface area (Å²) in [5.41, 5.74) is 0. The highest BCUT2D eigenvalue weighted by Crippen LogP contribution is 2.14. The lowest BCUT2D eigenvalue weighted by molar-refractivity contribution is -0.162. The highest BCUT2D eigenvalue weighted by Gasteiger charge is 2.19. The second-order valence-electron chi connectivity index (χ2n) is 16.6. The van der Waals surface area contributed by atoms with Gasteiger partial charge >= 0.3 is 17.9 Å². The molecule has 9 nitrogen and oxygen atoms in total. The average molecular weight is 850 g/mol. The molecule has 60 heavy (non-hydrogen) atoms. The van der Waals surface area contributed by atoms with Crippen LogP contribution in [0.1, 0.15) is 221 Å². The number of carbonyl (C=O) groups excluding carboxylic acids is 3. The largest absolute Gasteiger partial charge is 0.465 e. The van der Waals surface area contributed by atoms with Gasteiger partial charge in [0.05, 0.1) is 12.3 Å². The zero-order valence-corrected chi connectivity index (χ0v) is 39.8. The molecule has 1 unspecified atom stereocenters. The average Bonchev–Trinajstić information content (AvgIpc) is 3.25. The molecule has 0 heterocycles. The van der Waals surface area contributed by atoms with Crippen molar-refractivity contribution in [3.8, 4) is 0 Å². The summed E-state index contributed by atoms with van der Waals surface area (Å²) >= 11 is 0. The Bertz CT molecular complexity index is 995. The molecule has 0 aromatic heterocycles. The first-order valence-corrected chi connectivity index (χ1v) is 25.1. The third-order valence-corrected chi connectivity index (χ3v) is 11.0. The van der Waals surface area contributed by atoms with Crippen molar-refractivity contribution in [1.82, 2.24) is 4.90 Å². The van der Waals surface area contributed by atoms with Crippen molar-refractivity contribution in [2.24, 2.45) is 5.92 Å². The quantitative estimate of drug-likeness (QED) is 0.0195. The first-order valence-electron chi connectivity index (χ1n) is 25.1. The summed E-state index contributed by atoms with van der Waals surface area (Å²) in [6, 6.07) is 0. The summed E-state index contributed by atoms with van der Waals surface area (Å²) < 4.78 is 29.1. The Balaban J connectivity index is 4.84. The molecule has 0 saturated heterocycles. The SMILES string of the molecule is CCCCC/C=C\C/C=C\CCCCCCCC(=O)OCC(COC(=O)CCCCN(CC)CC)COC(=O)CCC(OCCCCCCCC)OCCCCCCCC. The summed E-state index contributed by atoms with van der Waals surface area (Å²) in [6.45, 7) is 15.2. The van der Waals surface area contributed by atoms with Gasteiger partial charge in [-0.05, 0) is 83.8 Å². The number of esters is 3. The summed E-state index contributed by atoms with van der Waals surface area (Å²) in [4.78, 5) is 40.6. The van der Waals surface area contributed by atoms with E-state index in [9.17, 15) is 14.4 Å². The van der Waals surface area contributed by atoms with Crippen LogP contribution in [0, 0.1) is 5.92 Å². The normalized spacial score (nSPS) is 12.3. The Morgan fingerprint density at radius 2 is 0.850 bits per heavy atom. The molecular formula is C51H95NO8. The predicted octanol–water partition coefficient (Wildman–Crippen LogP) is 13.4. The summed E-state index contributed by atoms with van der Waals surface area (Å²) in [5.74, 6) is -1.36. The van der Waals surface area contributed by atoms with Crippen LogP contribution in [0.3, 0.4) is 0 Å². The molecule has 0 amide bonds. The van der Waals surface area contributed by atoms with Gasteiger partial charge < -0.3 is 28.6 Å². The van der Waals surface area contributed by atoms with E-state index in [-0.39, 0.29) is 44.1 Å². The van der Waals surface area contributed by atoms with Crippen LogP contribution >= 0.6 is 0 Å². The fraction of sp³-hybridized carbons (Fsp3) is 0.863. The van der Waals surface area contributed by atoms with Crippen molar-refractivity contribution in [2.75, 3.05) is 52.7 Å². The fourth-order valence-corrected chi connectivity index (χ4v) is 6.86. The molecule has 352 valence electrons. The van der Waals surface area contributed by atoms with E-state index in [2.05, 4.69) is 63.8 Å². The molecule has 0 saturated carbocycles. The Morgan fingerprint density at radius 1 is 0.450 bits per heavy atom. The van der Waals surface area contributed by atoms with Gasteiger partial charge in [0, 0.05) is 32.5 Å². The van der Waals surface area contributed by atoms with Crippen LogP contribution in [-0.4, -0.2) is 81.8 Å². The molecule has 0 radical (unpaired) electrons. The number of unbranched alkanes of at least 4 members (excludes halogenated alkanes) is 19. The predicted molar refractivity (Wildman–Crippen MR) is 249 cm³/mol. The smallest absolute Gasteiger partial charge is 0.305 e. The van der Waals surface area contributed by atoms with Crippen molar-refractivity contribution in [2.45, 2.75) is 227 Å². The van der Waals surface area contributed by atoms with Crippen LogP contribution in [0.25, 0.3) is 0 Å². The molecule has 0 aliphatic rings. The van der Waals surface area contributed by atoms with Crippen LogP contribution in [0.15, 0.2) is 24.3 Å². The molecule has 0 aliphatic carbocycles. The van der Waals surface area contributed by atoms with Crippen molar-refractivity contribution in [3.63, 3.8) is 0 Å². The van der Waals surface area contributed by atoms with E-state index in [0.717, 1.165) is 103 Å². The Hall–Kier alpha value is -2.23. The molecule has 0 N–H and O–H groups in total. The van der Waals surface area contributed by atoms with E-state index in [1.165, 1.54) is 77.0 Å². The van der Waals surface area contributed by atoms with Gasteiger partial charge in [0.2, 0.25) is 0 Å². The molecule has 1 atom stereocenters. The zero-order valence-electron chi connectivity index (χ0n) is 39.8. The number of nitrogens with zero attached hydrogens (tertiary/aromatic N) is 1. The van der Waals surface area contributed by atoms with Gasteiger partial charge in [-0.1, -0.05) is 155 Å². The van der Waals surface area contributed by atoms with Crippen LogP contribution in [0.4, 0.5) is 0 Å². The van der Waals surface area contributed by atoms with Gasteiger partial charge in [-0.25, -0.2) is 0 Å². The molecule has 0 spiro atoms. The molecule has 0 aromatic carbocycles. The maximum Gasteiger partial charge on any atom is 0.305 e. The number of carbonyl (C=O) groups is 3. The van der Waals surface area contributed by atoms with E-state index in [4.69, 9.17) is 23.7 Å². The van der Waals surface area contributed by atoms with E-state index in [0.29, 0.717) is 32.5 Å². The van der Waals surface area contributed by atoms with Crippen molar-refractivity contribution in [1.29, 1.82) is 0 Å². The fourth-order valence-electron chi connectivity index (χ4n) is 6.86. The second-order valence-corrected chi connectivity index (χ2v) is 16.6. The lowest BCUT2D eigenvalue weighted by Gasteiger charge is -2.20. The van der Waals surface area contributed by atoms with Gasteiger partial charge in [-0.2, -0.15) is 0 Å². The lowest BCUT2D eigenvalue weighted by atomic mass is 10.1. The molecule has 0 rings (SSSR count). The third kappa shape index (κ3) is 41.1. The topological polar surface area (TPSA) is 101 Å². The minimum absolute atomic E-state index is 0.00689. The number of hydrogen-bond acceptors (Lipinski definition) is 9. The number of hydrogen-bond donors (Lipinski definition) is 0. The standard InChI is InChI=1S/C51H95NO8/c1-6-11-14-17-20-21-22-23-24-25-26-27-28-29-32-37-48(53)58-44-47(45-59-49(54)38-33-34-41-52(9-4)10-5)46-60-50(55)39-40-51(56-42-35-30-18-15-12-7-2)57-43-36-31-19-16-13-8-3/h20-21,23-24,47,51H,6-19,22,25-46H2,1-5H3/b21-20-,24-23-. The minimum atomic E-state index is -0.447. The van der Waals surface area contributed by atoms with E-state index >= 15 is 0 Å². The molecule has 0 fully saturated rings. The summed E-state index contributed by atoms with van der Waals surface area (Å²) in [5, 5.41) is 0. The van der Waals surface area contributed by atoms with Crippen molar-refractivity contribution in [3.05, 3.63) is 24.3 Å². The minimum Gasteiger partial charge on any atom is -0.465 e. The van der Waals surface area contributed by atoms with Crippen molar-refractivity contribution < 1.29 is 38.1 Å². The third-order valence-electron chi connectivity index (χ3n) is 11.0. The lowest BCUT2D eigenvalue weighted by Crippen LogP contribution is -2.27. The van der Waals surface area contributed by atoms with Gasteiger partial charge in [-0.15, -0.1) is 0 Å². The van der Waals surface area contributed by atoms with Gasteiger partial charge in [0.25, 0.3) is 0 Å². The van der Waals surface area contributed by atoms with E-state index in [1.54, 1.807) is 0 Å². The highest BCUT2D eigenvalue weighted by molar-refractivity contribution is 5.70. The van der Waals surface area contributed by atoms with Gasteiger partial charge in [0.15, 0.2) is 6.29 Å². The highest BCUT2D eigenvalue weighted by atomic mass is 16.7. The monoisotopic (exact) mass is 850 g/mol. The summed E-state index contributed by atoms with van der Waals surface area (Å²) in [6.07, 6.45) is 38.1. The van der Waals surface area contributed by atoms with Gasteiger partial charge in [0.1, 0.15) is 19.8 Å². The number of allylic oxidation sites excluding steroid dienone is 4. The van der Waals surface area contributed by atoms with E-state index in [1.807, 2.05) is 0 Å². The molecular weight excluding hydrogens is 755 g/mol. The number of rotatable bonds is 46. The molecule has 9 heteroatoms. The summed E-state index contributed by atoms with van der Waals surface area (Å²) in [7, 11) is 0. The Labute approximate surface area is 369 Å². The van der Waals surface area contributed by atoms with Crippen LogP contribution in [0.2, 0.25) is 0 Å². The van der Waals surface area contributed by atoms with Crippen molar-refractivity contribution >= 4 is 17.9 Å². The van der Waals surface area contributed by atoms with Crippen LogP contribution < -0.4 is 0 Å². The Kier molecular flexibility index (Phi) is 44.6. The first kappa shape index (κ1) is 57.8. The molecule has 0 aliphatic heterocycles. The Morgan fingerprint density at radius 3 is 1.35 bits per heavy atom. The maximum atomic E-state index is 13.0. The van der Waals surface area contributed by atoms with Crippen LogP contribution in [-0.2, 0) is 38.1 Å². The zero-order chi connectivity index (χ0) is 44.0. The van der Waals surface area contributed by atoms with E-state index < -0.39 is 12.2 Å². The second kappa shape index (κ2) is 46.3. The molecule has 0 bridgehead atoms. The first-order chi connectivity index (χ1) is 29.4. The van der Waals surface area contributed by atoms with Gasteiger partial charge in [-0.3, -0.25) is 14.4 Å². The molecule has 0 aromatic rings. The van der Waals surface area contributed by atoms with Crippen LogP contribution in [0.5, 0.6) is 0 Å².